The first-order chi connectivity index (χ1) is 11.5. The largest absolute Gasteiger partial charge is 0.317 e. The Balaban J connectivity index is 1.75. The van der Waals surface area contributed by atoms with Gasteiger partial charge in [0.2, 0.25) is 5.95 Å². The van der Waals surface area contributed by atoms with Gasteiger partial charge in [0, 0.05) is 19.0 Å². The zero-order valence-corrected chi connectivity index (χ0v) is 14.2. The van der Waals surface area contributed by atoms with Crippen LogP contribution >= 0.6 is 11.3 Å². The van der Waals surface area contributed by atoms with Crippen molar-refractivity contribution in [3.8, 4) is 0 Å². The van der Waals surface area contributed by atoms with Gasteiger partial charge in [-0.05, 0) is 32.9 Å². The predicted molar refractivity (Wildman–Crippen MR) is 89.5 cm³/mol. The van der Waals surface area contributed by atoms with Gasteiger partial charge in [-0.2, -0.15) is 10.1 Å². The standard InChI is InChI=1S/C14H18N6O3S/c1-8-10(20(22)23)7-11(24-8)13(21)17-14-16-12(18-19(14)2)9-3-5-15-6-4-9/h7,9,15H,3-6H2,1-2H3,(H,16,17,18,21). The Morgan fingerprint density at radius 1 is 1.50 bits per heavy atom. The van der Waals surface area contributed by atoms with Crippen molar-refractivity contribution in [2.75, 3.05) is 18.4 Å². The van der Waals surface area contributed by atoms with Gasteiger partial charge in [0.1, 0.15) is 0 Å². The van der Waals surface area contributed by atoms with Crippen molar-refractivity contribution in [3.05, 3.63) is 31.8 Å². The van der Waals surface area contributed by atoms with Crippen LogP contribution in [0.25, 0.3) is 0 Å². The second-order valence-corrected chi connectivity index (χ2v) is 6.96. The van der Waals surface area contributed by atoms with Gasteiger partial charge in [-0.3, -0.25) is 20.2 Å². The topological polar surface area (TPSA) is 115 Å². The van der Waals surface area contributed by atoms with Gasteiger partial charge < -0.3 is 5.32 Å². The van der Waals surface area contributed by atoms with E-state index in [0.717, 1.165) is 43.1 Å². The zero-order chi connectivity index (χ0) is 17.3. The molecule has 9 nitrogen and oxygen atoms in total. The summed E-state index contributed by atoms with van der Waals surface area (Å²) >= 11 is 1.09. The minimum Gasteiger partial charge on any atom is -0.317 e. The lowest BCUT2D eigenvalue weighted by Crippen LogP contribution is -2.27. The van der Waals surface area contributed by atoms with Gasteiger partial charge in [-0.15, -0.1) is 11.3 Å². The van der Waals surface area contributed by atoms with Crippen molar-refractivity contribution < 1.29 is 9.72 Å². The smallest absolute Gasteiger partial charge is 0.283 e. The lowest BCUT2D eigenvalue weighted by atomic mass is 9.98. The molecule has 1 aliphatic heterocycles. The number of nitro groups is 1. The number of hydrogen-bond acceptors (Lipinski definition) is 7. The molecule has 0 unspecified atom stereocenters. The van der Waals surface area contributed by atoms with Gasteiger partial charge >= 0.3 is 0 Å². The summed E-state index contributed by atoms with van der Waals surface area (Å²) in [6, 6.07) is 1.29. The quantitative estimate of drug-likeness (QED) is 0.642. The number of carbonyl (C=O) groups excluding carboxylic acids is 1. The minimum absolute atomic E-state index is 0.0430. The summed E-state index contributed by atoms with van der Waals surface area (Å²) in [6.07, 6.45) is 1.93. The second-order valence-electron chi connectivity index (χ2n) is 5.70. The summed E-state index contributed by atoms with van der Waals surface area (Å²) in [7, 11) is 1.72. The number of nitrogens with zero attached hydrogens (tertiary/aromatic N) is 4. The predicted octanol–water partition coefficient (Wildman–Crippen LogP) is 1.81. The molecule has 1 amide bonds. The Hall–Kier alpha value is -2.33. The number of anilines is 1. The molecule has 10 heteroatoms. The Bertz CT molecular complexity index is 778. The molecular formula is C14H18N6O3S. The molecule has 0 spiro atoms. The molecule has 0 saturated carbocycles. The number of rotatable bonds is 4. The van der Waals surface area contributed by atoms with E-state index in [9.17, 15) is 14.9 Å². The van der Waals surface area contributed by atoms with Crippen molar-refractivity contribution >= 4 is 28.9 Å². The summed E-state index contributed by atoms with van der Waals surface area (Å²) in [4.78, 5) is 27.9. The Kier molecular flexibility index (Phi) is 4.58. The maximum atomic E-state index is 12.3. The van der Waals surface area contributed by atoms with Crippen molar-refractivity contribution in [1.82, 2.24) is 20.1 Å². The zero-order valence-electron chi connectivity index (χ0n) is 13.4. The van der Waals surface area contributed by atoms with Crippen molar-refractivity contribution in [3.63, 3.8) is 0 Å². The SMILES string of the molecule is Cc1sc(C(=O)Nc2nc(C3CCNCC3)nn2C)cc1[N+](=O)[O-]. The number of aromatic nitrogens is 3. The molecule has 1 saturated heterocycles. The van der Waals surface area contributed by atoms with E-state index in [1.807, 2.05) is 0 Å². The van der Waals surface area contributed by atoms with E-state index in [-0.39, 0.29) is 16.5 Å². The molecule has 3 heterocycles. The second kappa shape index (κ2) is 6.65. The maximum Gasteiger partial charge on any atom is 0.283 e. The number of carbonyl (C=O) groups is 1. The van der Waals surface area contributed by atoms with E-state index < -0.39 is 10.8 Å². The number of piperidine rings is 1. The third-order valence-electron chi connectivity index (χ3n) is 4.02. The number of thiophene rings is 1. The molecule has 1 fully saturated rings. The average Bonchev–Trinajstić information content (AvgIpc) is 3.12. The number of aryl methyl sites for hydroxylation is 2. The highest BCUT2D eigenvalue weighted by Gasteiger charge is 2.23. The van der Waals surface area contributed by atoms with Crippen LogP contribution in [-0.2, 0) is 7.05 Å². The third kappa shape index (κ3) is 3.29. The Morgan fingerprint density at radius 3 is 2.83 bits per heavy atom. The lowest BCUT2D eigenvalue weighted by Gasteiger charge is -2.19. The van der Waals surface area contributed by atoms with E-state index in [0.29, 0.717) is 10.8 Å². The van der Waals surface area contributed by atoms with Crippen LogP contribution in [0.2, 0.25) is 0 Å². The van der Waals surface area contributed by atoms with E-state index in [4.69, 9.17) is 0 Å². The average molecular weight is 350 g/mol. The number of hydrogen-bond donors (Lipinski definition) is 2. The van der Waals surface area contributed by atoms with Crippen LogP contribution in [0.1, 0.15) is 39.1 Å². The van der Waals surface area contributed by atoms with Gasteiger partial charge in [0.15, 0.2) is 5.82 Å². The first kappa shape index (κ1) is 16.5. The highest BCUT2D eigenvalue weighted by atomic mass is 32.1. The van der Waals surface area contributed by atoms with E-state index >= 15 is 0 Å². The van der Waals surface area contributed by atoms with Crippen LogP contribution in [0, 0.1) is 17.0 Å². The number of amides is 1. The number of nitrogens with one attached hydrogen (secondary N) is 2. The van der Waals surface area contributed by atoms with Gasteiger partial charge in [-0.1, -0.05) is 0 Å². The summed E-state index contributed by atoms with van der Waals surface area (Å²) < 4.78 is 1.53. The molecule has 0 aliphatic carbocycles. The van der Waals surface area contributed by atoms with Crippen molar-refractivity contribution in [2.24, 2.45) is 7.05 Å². The fourth-order valence-corrected chi connectivity index (χ4v) is 3.58. The molecule has 2 aromatic heterocycles. The minimum atomic E-state index is -0.486. The van der Waals surface area contributed by atoms with Crippen LogP contribution in [-0.4, -0.2) is 38.7 Å². The summed E-state index contributed by atoms with van der Waals surface area (Å²) in [5.41, 5.74) is -0.0430. The molecule has 24 heavy (non-hydrogen) atoms. The maximum absolute atomic E-state index is 12.3. The van der Waals surface area contributed by atoms with E-state index in [1.165, 1.54) is 10.7 Å². The lowest BCUT2D eigenvalue weighted by molar-refractivity contribution is -0.385. The molecule has 2 aromatic rings. The molecule has 128 valence electrons. The third-order valence-corrected chi connectivity index (χ3v) is 5.06. The molecule has 0 bridgehead atoms. The van der Waals surface area contributed by atoms with Gasteiger partial charge in [0.25, 0.3) is 11.6 Å². The Labute approximate surface area is 142 Å². The van der Waals surface area contributed by atoms with Crippen LogP contribution in [0.4, 0.5) is 11.6 Å². The fraction of sp³-hybridized carbons (Fsp3) is 0.500. The molecular weight excluding hydrogens is 332 g/mol. The van der Waals surface area contributed by atoms with Gasteiger partial charge in [0.05, 0.1) is 14.7 Å². The first-order valence-electron chi connectivity index (χ1n) is 7.63. The summed E-state index contributed by atoms with van der Waals surface area (Å²) in [5.74, 6) is 0.946. The molecule has 0 atom stereocenters. The summed E-state index contributed by atoms with van der Waals surface area (Å²) in [5, 5.41) is 21.3. The highest BCUT2D eigenvalue weighted by molar-refractivity contribution is 7.14. The molecule has 0 radical (unpaired) electrons. The Morgan fingerprint density at radius 2 is 2.21 bits per heavy atom. The van der Waals surface area contributed by atoms with Crippen LogP contribution in [0.3, 0.4) is 0 Å². The van der Waals surface area contributed by atoms with E-state index in [2.05, 4.69) is 20.7 Å². The van der Waals surface area contributed by atoms with Crippen LogP contribution in [0.15, 0.2) is 6.07 Å². The molecule has 1 aliphatic rings. The van der Waals surface area contributed by atoms with E-state index in [1.54, 1.807) is 14.0 Å². The van der Waals surface area contributed by atoms with Crippen molar-refractivity contribution in [1.29, 1.82) is 0 Å². The normalized spacial score (nSPS) is 15.4. The molecule has 2 N–H and O–H groups in total. The van der Waals surface area contributed by atoms with Crippen LogP contribution < -0.4 is 10.6 Å². The van der Waals surface area contributed by atoms with Crippen molar-refractivity contribution in [2.45, 2.75) is 25.7 Å². The molecule has 3 rings (SSSR count). The van der Waals surface area contributed by atoms with Crippen LogP contribution in [0.5, 0.6) is 0 Å². The monoisotopic (exact) mass is 350 g/mol. The first-order valence-corrected chi connectivity index (χ1v) is 8.45. The fourth-order valence-electron chi connectivity index (χ4n) is 2.69. The highest BCUT2D eigenvalue weighted by Crippen LogP contribution is 2.29. The summed E-state index contributed by atoms with van der Waals surface area (Å²) in [6.45, 7) is 3.49. The van der Waals surface area contributed by atoms with Gasteiger partial charge in [-0.25, -0.2) is 4.68 Å². The molecule has 0 aromatic carbocycles.